The van der Waals surface area contributed by atoms with E-state index in [1.54, 1.807) is 16.7 Å². The molecule has 0 spiro atoms. The van der Waals surface area contributed by atoms with Gasteiger partial charge in [-0.2, -0.15) is 0 Å². The van der Waals surface area contributed by atoms with Gasteiger partial charge in [0.15, 0.2) is 0 Å². The van der Waals surface area contributed by atoms with Crippen molar-refractivity contribution in [1.29, 1.82) is 0 Å². The van der Waals surface area contributed by atoms with Gasteiger partial charge < -0.3 is 5.73 Å². The molecule has 3 rings (SSSR count). The molecule has 1 nitrogen and oxygen atoms in total. The minimum Gasteiger partial charge on any atom is -0.330 e. The van der Waals surface area contributed by atoms with Crippen molar-refractivity contribution in [3.05, 3.63) is 34.9 Å². The zero-order valence-electron chi connectivity index (χ0n) is 9.97. The second-order valence-electron chi connectivity index (χ2n) is 5.64. The highest BCUT2D eigenvalue weighted by molar-refractivity contribution is 5.38. The Balaban J connectivity index is 1.89. The highest BCUT2D eigenvalue weighted by atomic mass is 14.6. The van der Waals surface area contributed by atoms with Gasteiger partial charge in [-0.15, -0.1) is 0 Å². The van der Waals surface area contributed by atoms with Crippen LogP contribution in [0.4, 0.5) is 0 Å². The van der Waals surface area contributed by atoms with Crippen LogP contribution in [0.3, 0.4) is 0 Å². The van der Waals surface area contributed by atoms with Crippen LogP contribution in [-0.4, -0.2) is 6.54 Å². The first-order chi connectivity index (χ1) is 7.83. The topological polar surface area (TPSA) is 26.0 Å². The van der Waals surface area contributed by atoms with E-state index in [1.807, 2.05) is 0 Å². The van der Waals surface area contributed by atoms with E-state index < -0.39 is 0 Å². The van der Waals surface area contributed by atoms with Gasteiger partial charge in [-0.25, -0.2) is 0 Å². The van der Waals surface area contributed by atoms with E-state index in [9.17, 15) is 0 Å². The third-order valence-corrected chi connectivity index (χ3v) is 4.45. The van der Waals surface area contributed by atoms with Gasteiger partial charge in [0.25, 0.3) is 0 Å². The van der Waals surface area contributed by atoms with E-state index >= 15 is 0 Å². The highest BCUT2D eigenvalue weighted by Crippen LogP contribution is 2.48. The Hall–Kier alpha value is -0.820. The number of hydrogen-bond donors (Lipinski definition) is 1. The third kappa shape index (κ3) is 1.78. The molecule has 0 radical (unpaired) electrons. The molecular formula is C15H21N. The van der Waals surface area contributed by atoms with Crippen LogP contribution < -0.4 is 5.73 Å². The summed E-state index contributed by atoms with van der Waals surface area (Å²) in [7, 11) is 0. The lowest BCUT2D eigenvalue weighted by molar-refractivity contribution is 0.516. The maximum absolute atomic E-state index is 5.89. The second-order valence-corrected chi connectivity index (χ2v) is 5.64. The van der Waals surface area contributed by atoms with Gasteiger partial charge in [-0.1, -0.05) is 18.2 Å². The molecular weight excluding hydrogens is 194 g/mol. The van der Waals surface area contributed by atoms with E-state index in [0.29, 0.717) is 5.41 Å². The number of hydrogen-bond acceptors (Lipinski definition) is 1. The molecule has 2 aliphatic carbocycles. The summed E-state index contributed by atoms with van der Waals surface area (Å²) in [5, 5.41) is 0. The fraction of sp³-hybridized carbons (Fsp3) is 0.600. The molecule has 1 fully saturated rings. The maximum atomic E-state index is 5.89. The van der Waals surface area contributed by atoms with E-state index in [1.165, 1.54) is 44.9 Å². The summed E-state index contributed by atoms with van der Waals surface area (Å²) in [6.07, 6.45) is 9.25. The lowest BCUT2D eigenvalue weighted by Crippen LogP contribution is -2.19. The van der Waals surface area contributed by atoms with Crippen molar-refractivity contribution < 1.29 is 0 Å². The van der Waals surface area contributed by atoms with Crippen LogP contribution in [0.2, 0.25) is 0 Å². The molecule has 2 aliphatic rings. The molecule has 1 aromatic carbocycles. The van der Waals surface area contributed by atoms with Crippen LogP contribution >= 0.6 is 0 Å². The van der Waals surface area contributed by atoms with Crippen LogP contribution in [0.1, 0.15) is 42.4 Å². The minimum atomic E-state index is 0.479. The molecule has 16 heavy (non-hydrogen) atoms. The standard InChI is InChI=1S/C15H21N/c16-11-15(8-9-15)10-13-6-3-5-12-4-1-2-7-14(12)13/h3,5-6H,1-2,4,7-11,16H2. The van der Waals surface area contributed by atoms with Crippen molar-refractivity contribution in [3.63, 3.8) is 0 Å². The Morgan fingerprint density at radius 2 is 1.94 bits per heavy atom. The van der Waals surface area contributed by atoms with E-state index in [2.05, 4.69) is 18.2 Å². The van der Waals surface area contributed by atoms with Crippen LogP contribution in [0.5, 0.6) is 0 Å². The van der Waals surface area contributed by atoms with Gasteiger partial charge in [0.1, 0.15) is 0 Å². The zero-order chi connectivity index (χ0) is 11.0. The lowest BCUT2D eigenvalue weighted by Gasteiger charge is -2.21. The fourth-order valence-corrected chi connectivity index (χ4v) is 3.06. The average Bonchev–Trinajstić information content (AvgIpc) is 3.10. The predicted molar refractivity (Wildman–Crippen MR) is 67.5 cm³/mol. The van der Waals surface area contributed by atoms with Gasteiger partial charge in [-0.05, 0) is 73.6 Å². The normalized spacial score (nSPS) is 21.6. The highest BCUT2D eigenvalue weighted by Gasteiger charge is 2.41. The summed E-state index contributed by atoms with van der Waals surface area (Å²) >= 11 is 0. The fourth-order valence-electron chi connectivity index (χ4n) is 3.06. The lowest BCUT2D eigenvalue weighted by atomic mass is 9.84. The Morgan fingerprint density at radius 1 is 1.12 bits per heavy atom. The number of rotatable bonds is 3. The van der Waals surface area contributed by atoms with Crippen molar-refractivity contribution >= 4 is 0 Å². The number of nitrogens with two attached hydrogens (primary N) is 1. The van der Waals surface area contributed by atoms with Gasteiger partial charge in [0.2, 0.25) is 0 Å². The smallest absolute Gasteiger partial charge is 0.00173 e. The Labute approximate surface area is 98.0 Å². The Bertz CT molecular complexity index is 390. The van der Waals surface area contributed by atoms with Gasteiger partial charge in [0.05, 0.1) is 0 Å². The quantitative estimate of drug-likeness (QED) is 0.824. The summed E-state index contributed by atoms with van der Waals surface area (Å²) in [6.45, 7) is 0.872. The Kier molecular flexibility index (Phi) is 2.51. The summed E-state index contributed by atoms with van der Waals surface area (Å²) in [6, 6.07) is 6.89. The number of benzene rings is 1. The largest absolute Gasteiger partial charge is 0.330 e. The molecule has 0 aromatic heterocycles. The number of aryl methyl sites for hydroxylation is 1. The zero-order valence-corrected chi connectivity index (χ0v) is 9.97. The molecule has 0 bridgehead atoms. The maximum Gasteiger partial charge on any atom is -0.00173 e. The Morgan fingerprint density at radius 3 is 2.69 bits per heavy atom. The summed E-state index contributed by atoms with van der Waals surface area (Å²) < 4.78 is 0. The van der Waals surface area contributed by atoms with E-state index in [-0.39, 0.29) is 0 Å². The minimum absolute atomic E-state index is 0.479. The molecule has 0 aliphatic heterocycles. The number of fused-ring (bicyclic) bond motifs is 1. The van der Waals surface area contributed by atoms with Crippen molar-refractivity contribution in [2.45, 2.75) is 44.9 Å². The van der Waals surface area contributed by atoms with E-state index in [0.717, 1.165) is 6.54 Å². The molecule has 0 amide bonds. The molecule has 0 atom stereocenters. The molecule has 0 saturated heterocycles. The molecule has 0 heterocycles. The third-order valence-electron chi connectivity index (χ3n) is 4.45. The van der Waals surface area contributed by atoms with Crippen molar-refractivity contribution in [3.8, 4) is 0 Å². The van der Waals surface area contributed by atoms with Crippen molar-refractivity contribution in [2.24, 2.45) is 11.1 Å². The van der Waals surface area contributed by atoms with Gasteiger partial charge >= 0.3 is 0 Å². The van der Waals surface area contributed by atoms with Crippen molar-refractivity contribution in [1.82, 2.24) is 0 Å². The molecule has 0 unspecified atom stereocenters. The van der Waals surface area contributed by atoms with Gasteiger partial charge in [0, 0.05) is 0 Å². The molecule has 1 heteroatoms. The predicted octanol–water partition coefficient (Wildman–Crippen LogP) is 2.85. The molecule has 1 saturated carbocycles. The SMILES string of the molecule is NCC1(Cc2cccc3c2CCCC3)CC1. The molecule has 86 valence electrons. The first-order valence-corrected chi connectivity index (χ1v) is 6.63. The first-order valence-electron chi connectivity index (χ1n) is 6.63. The van der Waals surface area contributed by atoms with Crippen molar-refractivity contribution in [2.75, 3.05) is 6.54 Å². The summed E-state index contributed by atoms with van der Waals surface area (Å²) in [5.74, 6) is 0. The second kappa shape index (κ2) is 3.89. The van der Waals surface area contributed by atoms with E-state index in [4.69, 9.17) is 5.73 Å². The molecule has 1 aromatic rings. The van der Waals surface area contributed by atoms with Crippen LogP contribution in [-0.2, 0) is 19.3 Å². The molecule has 2 N–H and O–H groups in total. The monoisotopic (exact) mass is 215 g/mol. The average molecular weight is 215 g/mol. The first kappa shape index (κ1) is 10.3. The van der Waals surface area contributed by atoms with Crippen LogP contribution in [0.15, 0.2) is 18.2 Å². The van der Waals surface area contributed by atoms with Gasteiger partial charge in [-0.3, -0.25) is 0 Å². The van der Waals surface area contributed by atoms with Crippen LogP contribution in [0.25, 0.3) is 0 Å². The van der Waals surface area contributed by atoms with Crippen LogP contribution in [0, 0.1) is 5.41 Å². The summed E-state index contributed by atoms with van der Waals surface area (Å²) in [4.78, 5) is 0. The summed E-state index contributed by atoms with van der Waals surface area (Å²) in [5.41, 5.74) is 11.2.